The molecule has 1 nitrogen and oxygen atoms in total. The van der Waals surface area contributed by atoms with Gasteiger partial charge in [0.1, 0.15) is 0 Å². The van der Waals surface area contributed by atoms with Crippen molar-refractivity contribution in [2.24, 2.45) is 0 Å². The number of benzene rings is 2. The molecule has 0 atom stereocenters. The number of hydrogen-bond acceptors (Lipinski definition) is 1. The van der Waals surface area contributed by atoms with Gasteiger partial charge in [0.2, 0.25) is 0 Å². The van der Waals surface area contributed by atoms with E-state index in [2.05, 4.69) is 100 Å². The quantitative estimate of drug-likeness (QED) is 0.312. The van der Waals surface area contributed by atoms with Crippen LogP contribution in [0.3, 0.4) is 0 Å². The first-order valence-corrected chi connectivity index (χ1v) is 18.0. The Labute approximate surface area is 153 Å². The average Bonchev–Trinajstić information content (AvgIpc) is 2.46. The van der Waals surface area contributed by atoms with Crippen LogP contribution < -0.4 is 4.74 Å². The molecule has 0 fully saturated rings. The van der Waals surface area contributed by atoms with Gasteiger partial charge in [-0.2, -0.15) is 0 Å². The second-order valence-corrected chi connectivity index (χ2v) is 24.9. The van der Waals surface area contributed by atoms with Crippen molar-refractivity contribution < 1.29 is 13.2 Å². The molecule has 0 unspecified atom stereocenters. The Hall–Kier alpha value is 0.193. The van der Waals surface area contributed by atoms with Crippen LogP contribution in [0.25, 0.3) is 0 Å². The molecule has 21 heavy (non-hydrogen) atoms. The van der Waals surface area contributed by atoms with Crippen molar-refractivity contribution >= 4 is 44.1 Å². The standard InChI is InChI=1S/C17H18O.2HI.Ru/c1-13(2)16-11-7-8-14(3)17(16)18-12-15-9-5-4-6-10-15;;;/h3-11,13H,12H2,1-2H3;2*1H;/q;;;+2/p-2. The topological polar surface area (TPSA) is 9.23 Å². The molecule has 0 bridgehead atoms. The Balaban J connectivity index is 2.32. The summed E-state index contributed by atoms with van der Waals surface area (Å²) in [6.45, 7) is 5.07. The predicted octanol–water partition coefficient (Wildman–Crippen LogP) is 5.86. The molecule has 0 aliphatic heterocycles. The zero-order valence-corrected chi connectivity index (χ0v) is 18.1. The molecular weight excluding hydrogens is 575 g/mol. The van der Waals surface area contributed by atoms with Gasteiger partial charge < -0.3 is 0 Å². The molecule has 2 rings (SSSR count). The monoisotopic (exact) mass is 594 g/mol. The summed E-state index contributed by atoms with van der Waals surface area (Å²) in [7, 11) is -0.882. The van der Waals surface area contributed by atoms with E-state index in [1.807, 2.05) is 6.07 Å². The SMILES string of the molecule is CC(C)c1cccc([CH]=[Ru]([I])[I])c1OCc1ccccc1. The molecule has 0 saturated carbocycles. The zero-order valence-electron chi connectivity index (χ0n) is 12.0. The molecule has 2 aromatic rings. The van der Waals surface area contributed by atoms with Gasteiger partial charge in [0.05, 0.1) is 0 Å². The van der Waals surface area contributed by atoms with Gasteiger partial charge >= 0.3 is 155 Å². The van der Waals surface area contributed by atoms with Crippen molar-refractivity contribution in [1.29, 1.82) is 0 Å². The summed E-state index contributed by atoms with van der Waals surface area (Å²) in [5, 5.41) is 0. The van der Waals surface area contributed by atoms with Crippen molar-refractivity contribution in [2.75, 3.05) is 0 Å². The zero-order chi connectivity index (χ0) is 15.2. The maximum atomic E-state index is 6.20. The Morgan fingerprint density at radius 1 is 1.05 bits per heavy atom. The van der Waals surface area contributed by atoms with E-state index in [1.54, 1.807) is 0 Å². The Morgan fingerprint density at radius 3 is 2.38 bits per heavy atom. The first-order valence-electron chi connectivity index (χ1n) is 6.70. The van der Waals surface area contributed by atoms with Crippen LogP contribution in [-0.2, 0) is 15.1 Å². The first kappa shape index (κ1) is 17.5. The van der Waals surface area contributed by atoms with E-state index in [-0.39, 0.29) is 0 Å². The van der Waals surface area contributed by atoms with Crippen LogP contribution in [0.2, 0.25) is 0 Å². The van der Waals surface area contributed by atoms with Gasteiger partial charge in [-0.15, -0.1) is 0 Å². The van der Waals surface area contributed by atoms with Gasteiger partial charge in [-0.25, -0.2) is 0 Å². The molecule has 0 aliphatic rings. The molecule has 0 radical (unpaired) electrons. The summed E-state index contributed by atoms with van der Waals surface area (Å²) in [6.07, 6.45) is 0. The van der Waals surface area contributed by atoms with Gasteiger partial charge in [0.25, 0.3) is 0 Å². The normalized spacial score (nSPS) is 11.4. The summed E-state index contributed by atoms with van der Waals surface area (Å²) in [6, 6.07) is 16.8. The fourth-order valence-electron chi connectivity index (χ4n) is 2.09. The minimum atomic E-state index is -0.882. The summed E-state index contributed by atoms with van der Waals surface area (Å²) >= 11 is 5.10. The molecule has 0 heterocycles. The van der Waals surface area contributed by atoms with Crippen LogP contribution >= 0.6 is 39.5 Å². The summed E-state index contributed by atoms with van der Waals surface area (Å²) in [5.41, 5.74) is 3.75. The molecule has 4 heteroatoms. The second kappa shape index (κ2) is 8.73. The summed E-state index contributed by atoms with van der Waals surface area (Å²) < 4.78 is 8.59. The Bertz CT molecular complexity index is 620. The van der Waals surface area contributed by atoms with Crippen LogP contribution in [0.5, 0.6) is 5.75 Å². The molecule has 2 aromatic carbocycles. The number of halogens is 2. The molecule has 0 spiro atoms. The fourth-order valence-corrected chi connectivity index (χ4v) is 5.70. The van der Waals surface area contributed by atoms with Gasteiger partial charge in [-0.05, 0) is 0 Å². The molecule has 0 aliphatic carbocycles. The van der Waals surface area contributed by atoms with E-state index in [4.69, 9.17) is 4.74 Å². The third kappa shape index (κ3) is 5.40. The number of para-hydroxylation sites is 1. The molecule has 0 saturated heterocycles. The van der Waals surface area contributed by atoms with E-state index in [0.717, 1.165) is 5.75 Å². The van der Waals surface area contributed by atoms with E-state index in [0.29, 0.717) is 12.5 Å². The van der Waals surface area contributed by atoms with Crippen molar-refractivity contribution in [3.63, 3.8) is 0 Å². The molecule has 0 amide bonds. The van der Waals surface area contributed by atoms with Gasteiger partial charge in [0.15, 0.2) is 0 Å². The molecule has 0 aromatic heterocycles. The average molecular weight is 593 g/mol. The minimum absolute atomic E-state index is 0.466. The van der Waals surface area contributed by atoms with Crippen LogP contribution in [0, 0.1) is 0 Å². The number of ether oxygens (including phenoxy) is 1. The van der Waals surface area contributed by atoms with Crippen LogP contribution in [0.15, 0.2) is 48.5 Å². The molecule has 114 valence electrons. The van der Waals surface area contributed by atoms with E-state index in [1.165, 1.54) is 16.7 Å². The first-order chi connectivity index (χ1) is 10.1. The van der Waals surface area contributed by atoms with E-state index < -0.39 is 8.47 Å². The van der Waals surface area contributed by atoms with Gasteiger partial charge in [-0.3, -0.25) is 0 Å². The van der Waals surface area contributed by atoms with Gasteiger partial charge in [-0.1, -0.05) is 0 Å². The Kier molecular flexibility index (Phi) is 7.29. The van der Waals surface area contributed by atoms with Crippen LogP contribution in [0.4, 0.5) is 0 Å². The number of rotatable bonds is 5. The third-order valence-corrected chi connectivity index (χ3v) is 6.64. The van der Waals surface area contributed by atoms with E-state index in [9.17, 15) is 0 Å². The van der Waals surface area contributed by atoms with Crippen molar-refractivity contribution in [2.45, 2.75) is 26.4 Å². The van der Waals surface area contributed by atoms with Gasteiger partial charge in [0, 0.05) is 0 Å². The van der Waals surface area contributed by atoms with Crippen LogP contribution in [-0.4, -0.2) is 4.61 Å². The third-order valence-electron chi connectivity index (χ3n) is 3.11. The summed E-state index contributed by atoms with van der Waals surface area (Å²) in [4.78, 5) is 0. The van der Waals surface area contributed by atoms with Crippen molar-refractivity contribution in [3.05, 3.63) is 65.2 Å². The Morgan fingerprint density at radius 2 is 1.76 bits per heavy atom. The van der Waals surface area contributed by atoms with Crippen molar-refractivity contribution in [3.8, 4) is 5.75 Å². The van der Waals surface area contributed by atoms with Crippen molar-refractivity contribution in [1.82, 2.24) is 0 Å². The molecule has 0 N–H and O–H groups in total. The fraction of sp³-hybridized carbons (Fsp3) is 0.235. The molecular formula is C17H18I2ORu. The van der Waals surface area contributed by atoms with Crippen LogP contribution in [0.1, 0.15) is 36.5 Å². The second-order valence-electron chi connectivity index (χ2n) is 5.00. The summed E-state index contributed by atoms with van der Waals surface area (Å²) in [5.74, 6) is 1.52. The number of hydrogen-bond donors (Lipinski definition) is 0. The predicted molar refractivity (Wildman–Crippen MR) is 105 cm³/mol. The van der Waals surface area contributed by atoms with E-state index >= 15 is 0 Å². The maximum absolute atomic E-state index is 6.20.